The maximum Gasteiger partial charge on any atom is 0.258 e. The molecule has 0 atom stereocenters. The van der Waals surface area contributed by atoms with Crippen molar-refractivity contribution in [2.45, 2.75) is 37.5 Å². The highest BCUT2D eigenvalue weighted by Gasteiger charge is 2.45. The Morgan fingerprint density at radius 1 is 0.861 bits per heavy atom. The molecule has 0 radical (unpaired) electrons. The second-order valence-electron chi connectivity index (χ2n) is 9.65. The molecule has 2 amide bonds. The van der Waals surface area contributed by atoms with E-state index in [0.717, 1.165) is 6.54 Å². The number of anilines is 2. The van der Waals surface area contributed by atoms with Gasteiger partial charge in [0.1, 0.15) is 5.82 Å². The highest BCUT2D eigenvalue weighted by molar-refractivity contribution is 6.31. The molecular formula is C28H28Cl2N4O2. The van der Waals surface area contributed by atoms with E-state index in [-0.39, 0.29) is 16.9 Å². The molecule has 1 saturated heterocycles. The molecule has 3 aromatic rings. The van der Waals surface area contributed by atoms with Crippen molar-refractivity contribution in [1.82, 2.24) is 9.88 Å². The number of nitrogens with zero attached hydrogens (tertiary/aromatic N) is 2. The number of likely N-dealkylation sites (tertiary alicyclic amines) is 1. The lowest BCUT2D eigenvalue weighted by molar-refractivity contribution is 0.102. The van der Waals surface area contributed by atoms with Gasteiger partial charge in [0.2, 0.25) is 0 Å². The van der Waals surface area contributed by atoms with Crippen molar-refractivity contribution >= 4 is 46.5 Å². The molecule has 5 rings (SSSR count). The third-order valence-corrected chi connectivity index (χ3v) is 7.49. The van der Waals surface area contributed by atoms with Gasteiger partial charge >= 0.3 is 0 Å². The van der Waals surface area contributed by atoms with Crippen LogP contribution in [0.15, 0.2) is 60.8 Å². The number of piperidine rings is 1. The number of rotatable bonds is 7. The summed E-state index contributed by atoms with van der Waals surface area (Å²) in [4.78, 5) is 32.6. The van der Waals surface area contributed by atoms with Gasteiger partial charge in [-0.25, -0.2) is 4.98 Å². The average Bonchev–Trinajstić information content (AvgIpc) is 3.67. The molecule has 2 heterocycles. The third kappa shape index (κ3) is 5.72. The molecule has 0 spiro atoms. The van der Waals surface area contributed by atoms with E-state index in [1.165, 1.54) is 63.0 Å². The summed E-state index contributed by atoms with van der Waals surface area (Å²) < 4.78 is 0. The zero-order valence-corrected chi connectivity index (χ0v) is 21.4. The van der Waals surface area contributed by atoms with Crippen LogP contribution in [-0.2, 0) is 5.41 Å². The summed E-state index contributed by atoms with van der Waals surface area (Å²) in [6.07, 6.45) is 7.75. The standard InChI is InChI=1S/C28H28Cl2N4O2/c29-21-8-10-24(23(16-21)27(36)33-25-11-9-22(30)17-31-25)32-26(35)19-4-6-20(7-5-19)28(12-13-28)18-34-14-2-1-3-15-34/h4-11,16-17H,1-3,12-15,18H2,(H,32,35)(H,31,33,36). The first-order valence-electron chi connectivity index (χ1n) is 12.3. The van der Waals surface area contributed by atoms with E-state index in [9.17, 15) is 9.59 Å². The van der Waals surface area contributed by atoms with E-state index < -0.39 is 5.91 Å². The Kier molecular flexibility index (Phi) is 7.28. The third-order valence-electron chi connectivity index (χ3n) is 7.03. The number of aromatic nitrogens is 1. The number of pyridine rings is 1. The molecule has 6 nitrogen and oxygen atoms in total. The number of hydrogen-bond donors (Lipinski definition) is 2. The van der Waals surface area contributed by atoms with E-state index in [2.05, 4.69) is 32.7 Å². The van der Waals surface area contributed by atoms with Crippen molar-refractivity contribution < 1.29 is 9.59 Å². The van der Waals surface area contributed by atoms with Crippen LogP contribution in [0.25, 0.3) is 0 Å². The Hall–Kier alpha value is -2.93. The maximum atomic E-state index is 13.1. The molecule has 36 heavy (non-hydrogen) atoms. The molecule has 186 valence electrons. The first-order chi connectivity index (χ1) is 17.4. The van der Waals surface area contributed by atoms with Crippen molar-refractivity contribution in [2.24, 2.45) is 0 Å². The highest BCUT2D eigenvalue weighted by atomic mass is 35.5. The molecule has 0 unspecified atom stereocenters. The lowest BCUT2D eigenvalue weighted by Gasteiger charge is -2.30. The number of carbonyl (C=O) groups is 2. The van der Waals surface area contributed by atoms with Crippen molar-refractivity contribution in [1.29, 1.82) is 0 Å². The smallest absolute Gasteiger partial charge is 0.258 e. The van der Waals surface area contributed by atoms with Crippen molar-refractivity contribution in [3.05, 3.63) is 87.5 Å². The summed E-state index contributed by atoms with van der Waals surface area (Å²) in [6.45, 7) is 3.48. The monoisotopic (exact) mass is 522 g/mol. The minimum absolute atomic E-state index is 0.226. The molecular weight excluding hydrogens is 495 g/mol. The first kappa shape index (κ1) is 24.8. The zero-order chi connectivity index (χ0) is 25.1. The fourth-order valence-electron chi connectivity index (χ4n) is 4.85. The van der Waals surface area contributed by atoms with Gasteiger partial charge in [0, 0.05) is 28.7 Å². The molecule has 1 saturated carbocycles. The summed E-state index contributed by atoms with van der Waals surface area (Å²) in [5.41, 5.74) is 2.66. The Labute approximate surface area is 221 Å². The molecule has 2 fully saturated rings. The van der Waals surface area contributed by atoms with Gasteiger partial charge in [-0.2, -0.15) is 0 Å². The van der Waals surface area contributed by atoms with E-state index in [1.54, 1.807) is 24.3 Å². The van der Waals surface area contributed by atoms with E-state index in [1.807, 2.05) is 12.1 Å². The lowest BCUT2D eigenvalue weighted by atomic mass is 9.93. The minimum atomic E-state index is -0.439. The number of amides is 2. The summed E-state index contributed by atoms with van der Waals surface area (Å²) in [5, 5.41) is 6.42. The number of halogens is 2. The van der Waals surface area contributed by atoms with Gasteiger partial charge in [-0.1, -0.05) is 41.8 Å². The van der Waals surface area contributed by atoms with Crippen molar-refractivity contribution in [3.8, 4) is 0 Å². The van der Waals surface area contributed by atoms with Gasteiger partial charge in [0.15, 0.2) is 0 Å². The summed E-state index contributed by atoms with van der Waals surface area (Å²) in [5.74, 6) is -0.384. The molecule has 1 aliphatic carbocycles. The fourth-order valence-corrected chi connectivity index (χ4v) is 5.13. The lowest BCUT2D eigenvalue weighted by Crippen LogP contribution is -2.36. The van der Waals surface area contributed by atoms with Gasteiger partial charge in [-0.3, -0.25) is 9.59 Å². The van der Waals surface area contributed by atoms with E-state index in [4.69, 9.17) is 23.2 Å². The second-order valence-corrected chi connectivity index (χ2v) is 10.5. The number of hydrogen-bond acceptors (Lipinski definition) is 4. The summed E-state index contributed by atoms with van der Waals surface area (Å²) in [6, 6.07) is 15.9. The summed E-state index contributed by atoms with van der Waals surface area (Å²) >= 11 is 12.0. The second kappa shape index (κ2) is 10.6. The summed E-state index contributed by atoms with van der Waals surface area (Å²) in [7, 11) is 0. The van der Waals surface area contributed by atoms with Gasteiger partial charge in [0.05, 0.1) is 16.3 Å². The molecule has 2 aromatic carbocycles. The van der Waals surface area contributed by atoms with Gasteiger partial charge in [-0.15, -0.1) is 0 Å². The molecule has 2 aliphatic rings. The fraction of sp³-hybridized carbons (Fsp3) is 0.321. The maximum absolute atomic E-state index is 13.1. The number of benzene rings is 2. The van der Waals surface area contributed by atoms with Gasteiger partial charge in [0.25, 0.3) is 11.8 Å². The predicted octanol–water partition coefficient (Wildman–Crippen LogP) is 6.41. The van der Waals surface area contributed by atoms with Crippen LogP contribution in [0.2, 0.25) is 10.0 Å². The normalized spacial score (nSPS) is 16.8. The van der Waals surface area contributed by atoms with Crippen LogP contribution in [0.5, 0.6) is 0 Å². The molecule has 0 bridgehead atoms. The largest absolute Gasteiger partial charge is 0.321 e. The van der Waals surface area contributed by atoms with Crippen LogP contribution in [-0.4, -0.2) is 41.3 Å². The number of nitrogens with one attached hydrogen (secondary N) is 2. The van der Waals surface area contributed by atoms with Crippen LogP contribution in [0, 0.1) is 0 Å². The van der Waals surface area contributed by atoms with Crippen LogP contribution in [0.4, 0.5) is 11.5 Å². The minimum Gasteiger partial charge on any atom is -0.321 e. The van der Waals surface area contributed by atoms with E-state index in [0.29, 0.717) is 27.1 Å². The van der Waals surface area contributed by atoms with Crippen molar-refractivity contribution in [2.75, 3.05) is 30.3 Å². The first-order valence-corrected chi connectivity index (χ1v) is 13.0. The van der Waals surface area contributed by atoms with Gasteiger partial charge < -0.3 is 15.5 Å². The van der Waals surface area contributed by atoms with Gasteiger partial charge in [-0.05, 0) is 86.8 Å². The molecule has 8 heteroatoms. The average molecular weight is 523 g/mol. The van der Waals surface area contributed by atoms with E-state index >= 15 is 0 Å². The topological polar surface area (TPSA) is 74.3 Å². The molecule has 2 N–H and O–H groups in total. The molecule has 1 aromatic heterocycles. The Morgan fingerprint density at radius 3 is 2.25 bits per heavy atom. The van der Waals surface area contributed by atoms with Crippen LogP contribution < -0.4 is 10.6 Å². The Bertz CT molecular complexity index is 1250. The van der Waals surface area contributed by atoms with Crippen LogP contribution in [0.1, 0.15) is 58.4 Å². The van der Waals surface area contributed by atoms with Crippen molar-refractivity contribution in [3.63, 3.8) is 0 Å². The van der Waals surface area contributed by atoms with Crippen LogP contribution >= 0.6 is 23.2 Å². The number of carbonyl (C=O) groups excluding carboxylic acids is 2. The quantitative estimate of drug-likeness (QED) is 0.375. The Balaban J connectivity index is 1.28. The zero-order valence-electron chi connectivity index (χ0n) is 19.9. The molecule has 1 aliphatic heterocycles. The van der Waals surface area contributed by atoms with Crippen LogP contribution in [0.3, 0.4) is 0 Å². The predicted molar refractivity (Wildman–Crippen MR) is 144 cm³/mol. The SMILES string of the molecule is O=C(Nc1ccc(Cl)cc1C(=O)Nc1ccc(Cl)cn1)c1ccc(C2(CN3CCCCC3)CC2)cc1. The highest BCUT2D eigenvalue weighted by Crippen LogP contribution is 2.49. The Morgan fingerprint density at radius 2 is 1.58 bits per heavy atom.